The first-order valence-corrected chi connectivity index (χ1v) is 9.83. The van der Waals surface area contributed by atoms with Crippen molar-refractivity contribution < 1.29 is 24.2 Å². The van der Waals surface area contributed by atoms with Gasteiger partial charge in [0.1, 0.15) is 12.6 Å². The molecule has 3 rings (SSSR count). The van der Waals surface area contributed by atoms with E-state index < -0.39 is 29.4 Å². The molecule has 0 saturated heterocycles. The number of nitrogens with one attached hydrogen (secondary N) is 2. The Morgan fingerprint density at radius 2 is 1.57 bits per heavy atom. The Morgan fingerprint density at radius 1 is 1.03 bits per heavy atom. The predicted octanol–water partition coefficient (Wildman–Crippen LogP) is 3.14. The zero-order valence-electron chi connectivity index (χ0n) is 17.3. The zero-order valence-corrected chi connectivity index (χ0v) is 17.3. The highest BCUT2D eigenvalue weighted by Crippen LogP contribution is 2.44. The summed E-state index contributed by atoms with van der Waals surface area (Å²) in [7, 11) is 0. The van der Waals surface area contributed by atoms with Crippen LogP contribution in [0.1, 0.15) is 37.8 Å². The lowest BCUT2D eigenvalue weighted by molar-refractivity contribution is -0.146. The Bertz CT molecular complexity index is 924. The number of alkyl carbamates (subject to hydrolysis) is 1. The highest BCUT2D eigenvalue weighted by molar-refractivity contribution is 5.86. The highest BCUT2D eigenvalue weighted by atomic mass is 16.5. The second kappa shape index (κ2) is 8.57. The number of ether oxygens (including phenoxy) is 1. The van der Waals surface area contributed by atoms with Crippen molar-refractivity contribution in [2.75, 3.05) is 13.2 Å². The van der Waals surface area contributed by atoms with E-state index in [1.807, 2.05) is 36.4 Å². The lowest BCUT2D eigenvalue weighted by atomic mass is 9.94. The number of carbonyl (C=O) groups is 3. The molecule has 2 amide bonds. The molecule has 0 fully saturated rings. The minimum atomic E-state index is -1.10. The fourth-order valence-corrected chi connectivity index (χ4v) is 3.42. The number of carbonyl (C=O) groups excluding carboxylic acids is 2. The van der Waals surface area contributed by atoms with Gasteiger partial charge in [-0.2, -0.15) is 0 Å². The van der Waals surface area contributed by atoms with Crippen LogP contribution in [0.4, 0.5) is 4.79 Å². The van der Waals surface area contributed by atoms with Crippen LogP contribution in [0.15, 0.2) is 48.5 Å². The topological polar surface area (TPSA) is 105 Å². The van der Waals surface area contributed by atoms with Crippen molar-refractivity contribution in [3.8, 4) is 11.1 Å². The lowest BCUT2D eigenvalue weighted by Crippen LogP contribution is -2.48. The third-order valence-corrected chi connectivity index (χ3v) is 5.35. The normalized spacial score (nSPS) is 13.7. The number of amides is 2. The summed E-state index contributed by atoms with van der Waals surface area (Å²) in [5.41, 5.74) is 3.38. The number of hydrogen-bond donors (Lipinski definition) is 3. The molecular formula is C23H26N2O5. The van der Waals surface area contributed by atoms with Gasteiger partial charge in [0.25, 0.3) is 0 Å². The number of hydrogen-bond acceptors (Lipinski definition) is 4. The molecule has 0 aliphatic heterocycles. The van der Waals surface area contributed by atoms with Crippen LogP contribution >= 0.6 is 0 Å². The molecule has 1 aliphatic rings. The predicted molar refractivity (Wildman–Crippen MR) is 112 cm³/mol. The molecule has 0 aromatic heterocycles. The second-order valence-electron chi connectivity index (χ2n) is 8.10. The van der Waals surface area contributed by atoms with Crippen LogP contribution in [0.5, 0.6) is 0 Å². The minimum absolute atomic E-state index is 0.0438. The van der Waals surface area contributed by atoms with E-state index in [4.69, 9.17) is 9.84 Å². The maximum atomic E-state index is 12.2. The van der Waals surface area contributed by atoms with Crippen LogP contribution in [0, 0.1) is 5.41 Å². The monoisotopic (exact) mass is 410 g/mol. The Labute approximate surface area is 175 Å². The third-order valence-electron chi connectivity index (χ3n) is 5.35. The quantitative estimate of drug-likeness (QED) is 0.650. The summed E-state index contributed by atoms with van der Waals surface area (Å²) < 4.78 is 5.42. The van der Waals surface area contributed by atoms with E-state index in [1.165, 1.54) is 20.8 Å². The van der Waals surface area contributed by atoms with Crippen LogP contribution in [-0.2, 0) is 14.3 Å². The number of carboxylic acid groups (broad SMARTS) is 1. The maximum absolute atomic E-state index is 12.2. The molecule has 0 radical (unpaired) electrons. The standard InChI is InChI=1S/C23H26N2O5/c1-14(20(26)24-13-23(2,3)21(27)28)25-22(29)30-12-19-17-10-6-4-8-15(17)16-9-5-7-11-18(16)19/h4-11,14,19H,12-13H2,1-3H3,(H,24,26)(H,25,29)(H,27,28)/t14-/m1/s1. The molecule has 158 valence electrons. The first-order chi connectivity index (χ1) is 14.2. The summed E-state index contributed by atoms with van der Waals surface area (Å²) in [4.78, 5) is 35.5. The summed E-state index contributed by atoms with van der Waals surface area (Å²) in [6.45, 7) is 4.65. The van der Waals surface area contributed by atoms with Crippen molar-refractivity contribution in [2.45, 2.75) is 32.7 Å². The number of fused-ring (bicyclic) bond motifs is 3. The van der Waals surface area contributed by atoms with Crippen molar-refractivity contribution in [3.63, 3.8) is 0 Å². The molecule has 1 atom stereocenters. The summed E-state index contributed by atoms with van der Waals surface area (Å²) >= 11 is 0. The SMILES string of the molecule is C[C@@H](NC(=O)OCC1c2ccccc2-c2ccccc21)C(=O)NCC(C)(C)C(=O)O. The third kappa shape index (κ3) is 4.45. The fraction of sp³-hybridized carbons (Fsp3) is 0.348. The van der Waals surface area contributed by atoms with Gasteiger partial charge in [-0.3, -0.25) is 9.59 Å². The molecule has 0 heterocycles. The molecule has 1 aliphatic carbocycles. The molecule has 0 saturated carbocycles. The summed E-state index contributed by atoms with van der Waals surface area (Å²) in [6, 6.07) is 15.2. The molecule has 7 nitrogen and oxygen atoms in total. The van der Waals surface area contributed by atoms with Crippen molar-refractivity contribution in [3.05, 3.63) is 59.7 Å². The highest BCUT2D eigenvalue weighted by Gasteiger charge is 2.30. The first-order valence-electron chi connectivity index (χ1n) is 9.83. The van der Waals surface area contributed by atoms with Crippen LogP contribution in [0.3, 0.4) is 0 Å². The Kier molecular flexibility index (Phi) is 6.10. The van der Waals surface area contributed by atoms with Crippen LogP contribution < -0.4 is 10.6 Å². The van der Waals surface area contributed by atoms with Crippen LogP contribution in [-0.4, -0.2) is 42.3 Å². The molecule has 0 bridgehead atoms. The first kappa shape index (κ1) is 21.4. The molecule has 2 aromatic rings. The van der Waals surface area contributed by atoms with E-state index >= 15 is 0 Å². The van der Waals surface area contributed by atoms with Crippen molar-refractivity contribution in [1.82, 2.24) is 10.6 Å². The van der Waals surface area contributed by atoms with Gasteiger partial charge in [-0.25, -0.2) is 4.79 Å². The molecular weight excluding hydrogens is 384 g/mol. The van der Waals surface area contributed by atoms with E-state index in [-0.39, 0.29) is 19.1 Å². The van der Waals surface area contributed by atoms with E-state index in [0.29, 0.717) is 0 Å². The van der Waals surface area contributed by atoms with Gasteiger partial charge in [0.05, 0.1) is 5.41 Å². The van der Waals surface area contributed by atoms with Crippen molar-refractivity contribution in [2.24, 2.45) is 5.41 Å². The van der Waals surface area contributed by atoms with Gasteiger partial charge in [-0.05, 0) is 43.0 Å². The number of benzene rings is 2. The van der Waals surface area contributed by atoms with Crippen molar-refractivity contribution >= 4 is 18.0 Å². The average Bonchev–Trinajstić information content (AvgIpc) is 3.04. The molecule has 2 aromatic carbocycles. The molecule has 0 spiro atoms. The molecule has 30 heavy (non-hydrogen) atoms. The fourth-order valence-electron chi connectivity index (χ4n) is 3.42. The van der Waals surface area contributed by atoms with E-state index in [9.17, 15) is 14.4 Å². The Hall–Kier alpha value is -3.35. The van der Waals surface area contributed by atoms with Gasteiger partial charge in [0.15, 0.2) is 0 Å². The van der Waals surface area contributed by atoms with E-state index in [0.717, 1.165) is 22.3 Å². The summed E-state index contributed by atoms with van der Waals surface area (Å²) in [5.74, 6) is -1.55. The van der Waals surface area contributed by atoms with Crippen molar-refractivity contribution in [1.29, 1.82) is 0 Å². The molecule has 3 N–H and O–H groups in total. The summed E-state index contributed by atoms with van der Waals surface area (Å²) in [6.07, 6.45) is -0.697. The molecule has 7 heteroatoms. The van der Waals surface area contributed by atoms with Crippen LogP contribution in [0.2, 0.25) is 0 Å². The lowest BCUT2D eigenvalue weighted by Gasteiger charge is -2.21. The van der Waals surface area contributed by atoms with E-state index in [2.05, 4.69) is 22.8 Å². The number of aliphatic carboxylic acids is 1. The van der Waals surface area contributed by atoms with E-state index in [1.54, 1.807) is 0 Å². The number of rotatable bonds is 7. The summed E-state index contributed by atoms with van der Waals surface area (Å²) in [5, 5.41) is 14.1. The zero-order chi connectivity index (χ0) is 21.9. The Balaban J connectivity index is 1.56. The van der Waals surface area contributed by atoms with Gasteiger partial charge < -0.3 is 20.5 Å². The smallest absolute Gasteiger partial charge is 0.407 e. The average molecular weight is 410 g/mol. The minimum Gasteiger partial charge on any atom is -0.481 e. The Morgan fingerprint density at radius 3 is 2.10 bits per heavy atom. The van der Waals surface area contributed by atoms with Gasteiger partial charge in [0, 0.05) is 12.5 Å². The van der Waals surface area contributed by atoms with Gasteiger partial charge in [0.2, 0.25) is 5.91 Å². The second-order valence-corrected chi connectivity index (χ2v) is 8.10. The van der Waals surface area contributed by atoms with Gasteiger partial charge in [-0.1, -0.05) is 48.5 Å². The largest absolute Gasteiger partial charge is 0.481 e. The van der Waals surface area contributed by atoms with Crippen LogP contribution in [0.25, 0.3) is 11.1 Å². The van der Waals surface area contributed by atoms with Gasteiger partial charge >= 0.3 is 12.1 Å². The maximum Gasteiger partial charge on any atom is 0.407 e. The molecule has 0 unspecified atom stereocenters. The van der Waals surface area contributed by atoms with Gasteiger partial charge in [-0.15, -0.1) is 0 Å². The number of carboxylic acids is 1.